The number of hydrogen-bond donors (Lipinski definition) is 0. The van der Waals surface area contributed by atoms with E-state index in [2.05, 4.69) is 10.8 Å². The van der Waals surface area contributed by atoms with Gasteiger partial charge in [-0.25, -0.2) is 4.79 Å². The molecule has 0 N–H and O–H groups in total. The quantitative estimate of drug-likeness (QED) is 0.569. The number of aromatic nitrogens is 1. The van der Waals surface area contributed by atoms with Crippen LogP contribution in [0.5, 0.6) is 0 Å². The third kappa shape index (κ3) is 1.84. The summed E-state index contributed by atoms with van der Waals surface area (Å²) in [7, 11) is 1.37. The maximum absolute atomic E-state index is 11.0. The van der Waals surface area contributed by atoms with Gasteiger partial charge in [-0.1, -0.05) is 18.2 Å². The SMILES string of the molecule is COC(=O)/C=C\n1cc(C)c2ccccc21. The molecule has 2 rings (SSSR count). The number of hydrogen-bond acceptors (Lipinski definition) is 2. The average molecular weight is 215 g/mol. The first-order valence-corrected chi connectivity index (χ1v) is 5.04. The number of benzene rings is 1. The van der Waals surface area contributed by atoms with Crippen molar-refractivity contribution in [1.29, 1.82) is 0 Å². The van der Waals surface area contributed by atoms with Crippen molar-refractivity contribution in [1.82, 2.24) is 4.57 Å². The molecule has 0 radical (unpaired) electrons. The van der Waals surface area contributed by atoms with Crippen molar-refractivity contribution >= 4 is 23.1 Å². The molecule has 0 unspecified atom stereocenters. The first-order valence-electron chi connectivity index (χ1n) is 5.04. The van der Waals surface area contributed by atoms with Gasteiger partial charge in [-0.2, -0.15) is 0 Å². The van der Waals surface area contributed by atoms with Crippen LogP contribution >= 0.6 is 0 Å². The molecule has 1 heterocycles. The van der Waals surface area contributed by atoms with Gasteiger partial charge in [0.05, 0.1) is 12.6 Å². The summed E-state index contributed by atoms with van der Waals surface area (Å²) in [4.78, 5) is 11.0. The Morgan fingerprint density at radius 3 is 2.88 bits per heavy atom. The van der Waals surface area contributed by atoms with Crippen molar-refractivity contribution in [2.75, 3.05) is 7.11 Å². The number of nitrogens with zero attached hydrogens (tertiary/aromatic N) is 1. The fourth-order valence-electron chi connectivity index (χ4n) is 1.71. The summed E-state index contributed by atoms with van der Waals surface area (Å²) < 4.78 is 6.47. The zero-order chi connectivity index (χ0) is 11.5. The number of carbonyl (C=O) groups is 1. The Balaban J connectivity index is 2.46. The second kappa shape index (κ2) is 4.23. The molecule has 16 heavy (non-hydrogen) atoms. The van der Waals surface area contributed by atoms with Crippen LogP contribution in [0.3, 0.4) is 0 Å². The summed E-state index contributed by atoms with van der Waals surface area (Å²) in [6.45, 7) is 2.05. The second-order valence-corrected chi connectivity index (χ2v) is 3.58. The predicted molar refractivity (Wildman–Crippen MR) is 64.0 cm³/mol. The van der Waals surface area contributed by atoms with Gasteiger partial charge in [0.1, 0.15) is 0 Å². The van der Waals surface area contributed by atoms with E-state index in [4.69, 9.17) is 0 Å². The molecule has 2 aromatic rings. The van der Waals surface area contributed by atoms with E-state index in [0.717, 1.165) is 5.52 Å². The van der Waals surface area contributed by atoms with Gasteiger partial charge in [-0.15, -0.1) is 0 Å². The standard InChI is InChI=1S/C13H13NO2/c1-10-9-14(8-7-13(15)16-2)12-6-4-3-5-11(10)12/h3-9H,1-2H3/b8-7-. The largest absolute Gasteiger partial charge is 0.466 e. The molecule has 0 saturated heterocycles. The van der Waals surface area contributed by atoms with Crippen LogP contribution in [0.15, 0.2) is 36.5 Å². The van der Waals surface area contributed by atoms with Crippen molar-refractivity contribution in [3.63, 3.8) is 0 Å². The van der Waals surface area contributed by atoms with E-state index in [1.807, 2.05) is 35.9 Å². The molecule has 0 aliphatic carbocycles. The van der Waals surface area contributed by atoms with Gasteiger partial charge in [0.2, 0.25) is 0 Å². The van der Waals surface area contributed by atoms with Gasteiger partial charge in [-0.3, -0.25) is 0 Å². The first kappa shape index (κ1) is 10.5. The third-order valence-corrected chi connectivity index (χ3v) is 2.51. The lowest BCUT2D eigenvalue weighted by Gasteiger charge is -1.96. The van der Waals surface area contributed by atoms with Crippen LogP contribution in [0, 0.1) is 6.92 Å². The Kier molecular flexibility index (Phi) is 2.77. The van der Waals surface area contributed by atoms with Gasteiger partial charge in [0.25, 0.3) is 0 Å². The highest BCUT2D eigenvalue weighted by atomic mass is 16.5. The summed E-state index contributed by atoms with van der Waals surface area (Å²) in [6.07, 6.45) is 5.11. The highest BCUT2D eigenvalue weighted by Crippen LogP contribution is 2.20. The molecule has 3 heteroatoms. The minimum Gasteiger partial charge on any atom is -0.466 e. The molecule has 0 amide bonds. The van der Waals surface area contributed by atoms with Gasteiger partial charge >= 0.3 is 5.97 Å². The van der Waals surface area contributed by atoms with Crippen LogP contribution < -0.4 is 0 Å². The summed E-state index contributed by atoms with van der Waals surface area (Å²) >= 11 is 0. The summed E-state index contributed by atoms with van der Waals surface area (Å²) in [6, 6.07) is 8.06. The van der Waals surface area contributed by atoms with E-state index in [-0.39, 0.29) is 5.97 Å². The fourth-order valence-corrected chi connectivity index (χ4v) is 1.71. The summed E-state index contributed by atoms with van der Waals surface area (Å²) in [5, 5.41) is 1.19. The normalized spacial score (nSPS) is 11.1. The number of aryl methyl sites for hydroxylation is 1. The molecule has 1 aromatic heterocycles. The van der Waals surface area contributed by atoms with E-state index in [0.29, 0.717) is 0 Å². The topological polar surface area (TPSA) is 31.2 Å². The van der Waals surface area contributed by atoms with E-state index in [9.17, 15) is 4.79 Å². The summed E-state index contributed by atoms with van der Waals surface area (Å²) in [5.74, 6) is -0.351. The Labute approximate surface area is 93.9 Å². The number of ether oxygens (including phenoxy) is 1. The zero-order valence-corrected chi connectivity index (χ0v) is 9.31. The molecule has 82 valence electrons. The Morgan fingerprint density at radius 1 is 1.38 bits per heavy atom. The van der Waals surface area contributed by atoms with E-state index >= 15 is 0 Å². The van der Waals surface area contributed by atoms with E-state index in [1.165, 1.54) is 24.1 Å². The van der Waals surface area contributed by atoms with Crippen LogP contribution in [-0.4, -0.2) is 17.6 Å². The lowest BCUT2D eigenvalue weighted by Crippen LogP contribution is -1.95. The number of methoxy groups -OCH3 is 1. The monoisotopic (exact) mass is 215 g/mol. The first-order chi connectivity index (χ1) is 7.72. The van der Waals surface area contributed by atoms with E-state index in [1.54, 1.807) is 6.20 Å². The number of carbonyl (C=O) groups excluding carboxylic acids is 1. The van der Waals surface area contributed by atoms with Crippen LogP contribution in [0.2, 0.25) is 0 Å². The maximum atomic E-state index is 11.0. The van der Waals surface area contributed by atoms with Crippen LogP contribution in [0.1, 0.15) is 5.56 Å². The summed E-state index contributed by atoms with van der Waals surface area (Å²) in [5.41, 5.74) is 2.27. The highest BCUT2D eigenvalue weighted by molar-refractivity contribution is 5.89. The van der Waals surface area contributed by atoms with Crippen molar-refractivity contribution < 1.29 is 9.53 Å². The molecular formula is C13H13NO2. The highest BCUT2D eigenvalue weighted by Gasteiger charge is 2.02. The van der Waals surface area contributed by atoms with Gasteiger partial charge in [-0.05, 0) is 18.6 Å². The lowest BCUT2D eigenvalue weighted by molar-refractivity contribution is -0.134. The maximum Gasteiger partial charge on any atom is 0.331 e. The number of rotatable bonds is 2. The van der Waals surface area contributed by atoms with Gasteiger partial charge in [0, 0.05) is 23.9 Å². The second-order valence-electron chi connectivity index (χ2n) is 3.58. The molecule has 1 aromatic carbocycles. The van der Waals surface area contributed by atoms with Crippen LogP contribution in [-0.2, 0) is 9.53 Å². The van der Waals surface area contributed by atoms with Crippen molar-refractivity contribution in [2.45, 2.75) is 6.92 Å². The molecule has 0 saturated carbocycles. The van der Waals surface area contributed by atoms with Gasteiger partial charge < -0.3 is 9.30 Å². The Bertz CT molecular complexity index is 552. The molecule has 0 aliphatic rings. The molecule has 0 bridgehead atoms. The fraction of sp³-hybridized carbons (Fsp3) is 0.154. The average Bonchev–Trinajstić information content (AvgIpc) is 2.64. The minimum atomic E-state index is -0.351. The third-order valence-electron chi connectivity index (χ3n) is 2.51. The minimum absolute atomic E-state index is 0.351. The Hall–Kier alpha value is -2.03. The predicted octanol–water partition coefficient (Wildman–Crippen LogP) is 2.59. The van der Waals surface area contributed by atoms with E-state index < -0.39 is 0 Å². The molecule has 3 nitrogen and oxygen atoms in total. The van der Waals surface area contributed by atoms with Crippen LogP contribution in [0.4, 0.5) is 0 Å². The molecule has 0 aliphatic heterocycles. The molecular weight excluding hydrogens is 202 g/mol. The van der Waals surface area contributed by atoms with Crippen molar-refractivity contribution in [3.05, 3.63) is 42.1 Å². The Morgan fingerprint density at radius 2 is 2.12 bits per heavy atom. The molecule has 0 fully saturated rings. The zero-order valence-electron chi connectivity index (χ0n) is 9.31. The smallest absolute Gasteiger partial charge is 0.331 e. The number of esters is 1. The van der Waals surface area contributed by atoms with Crippen molar-refractivity contribution in [3.8, 4) is 0 Å². The van der Waals surface area contributed by atoms with Crippen molar-refractivity contribution in [2.24, 2.45) is 0 Å². The molecule has 0 spiro atoms. The molecule has 0 atom stereocenters. The van der Waals surface area contributed by atoms with Gasteiger partial charge in [0.15, 0.2) is 0 Å². The van der Waals surface area contributed by atoms with Crippen LogP contribution in [0.25, 0.3) is 17.1 Å². The lowest BCUT2D eigenvalue weighted by atomic mass is 10.2. The number of fused-ring (bicyclic) bond motifs is 1. The number of para-hydroxylation sites is 1.